The van der Waals surface area contributed by atoms with Crippen molar-refractivity contribution in [2.75, 3.05) is 0 Å². The Labute approximate surface area is 68.8 Å². The van der Waals surface area contributed by atoms with Crippen molar-refractivity contribution in [1.29, 1.82) is 0 Å². The fourth-order valence-corrected chi connectivity index (χ4v) is 3.99. The average molecular weight is 153 g/mol. The van der Waals surface area contributed by atoms with Gasteiger partial charge in [-0.25, -0.2) is 0 Å². The summed E-state index contributed by atoms with van der Waals surface area (Å²) in [7, 11) is 0. The van der Waals surface area contributed by atoms with Crippen molar-refractivity contribution in [1.82, 2.24) is 0 Å². The monoisotopic (exact) mass is 153 g/mol. The molecule has 11 heavy (non-hydrogen) atoms. The molecule has 0 unspecified atom stereocenters. The molecule has 0 aromatic heterocycles. The first-order chi connectivity index (χ1) is 5.11. The first-order valence-corrected chi connectivity index (χ1v) is 4.69. The minimum Gasteiger partial charge on any atom is -0.324 e. The minimum atomic E-state index is 0. The van der Waals surface area contributed by atoms with Gasteiger partial charge >= 0.3 is 1.43 Å². The fourth-order valence-electron chi connectivity index (χ4n) is 3.99. The Morgan fingerprint density at radius 1 is 0.909 bits per heavy atom. The van der Waals surface area contributed by atoms with Crippen LogP contribution in [0.15, 0.2) is 0 Å². The second-order valence-corrected chi connectivity index (χ2v) is 5.10. The molecule has 4 saturated carbocycles. The van der Waals surface area contributed by atoms with E-state index >= 15 is 0 Å². The van der Waals surface area contributed by atoms with Gasteiger partial charge in [0, 0.05) is 11.1 Å². The molecule has 0 amide bonds. The molecule has 62 valence electrons. The molecule has 2 nitrogen and oxygen atoms in total. The predicted octanol–water partition coefficient (Wildman–Crippen LogP) is 0.718. The van der Waals surface area contributed by atoms with Crippen LogP contribution < -0.4 is 11.5 Å². The maximum atomic E-state index is 6.29. The molecule has 4 aliphatic rings. The van der Waals surface area contributed by atoms with Gasteiger partial charge in [0.2, 0.25) is 0 Å². The number of nitrogens with two attached hydrogens (primary N) is 2. The summed E-state index contributed by atoms with van der Waals surface area (Å²) < 4.78 is 0. The molecule has 4 N–H and O–H groups in total. The lowest BCUT2D eigenvalue weighted by atomic mass is 9.80. The van der Waals surface area contributed by atoms with E-state index in [1.165, 1.54) is 32.1 Å². The standard InChI is InChI=1S/C9H16N2/c10-8-2-6-1-7(4-8)5-9(8,11)3-6/h6-7H,1-5,10-11H2/p+1. The summed E-state index contributed by atoms with van der Waals surface area (Å²) in [6, 6.07) is 0. The minimum absolute atomic E-state index is 0. The molecule has 0 heterocycles. The van der Waals surface area contributed by atoms with Gasteiger partial charge in [-0.2, -0.15) is 0 Å². The van der Waals surface area contributed by atoms with Gasteiger partial charge in [-0.3, -0.25) is 0 Å². The summed E-state index contributed by atoms with van der Waals surface area (Å²) in [4.78, 5) is 0. The van der Waals surface area contributed by atoms with Crippen LogP contribution in [0.5, 0.6) is 0 Å². The quantitative estimate of drug-likeness (QED) is 0.538. The molecule has 0 atom stereocenters. The third kappa shape index (κ3) is 0.574. The van der Waals surface area contributed by atoms with Crippen molar-refractivity contribution >= 4 is 0 Å². The molecule has 0 radical (unpaired) electrons. The molecule has 0 spiro atoms. The van der Waals surface area contributed by atoms with E-state index in [-0.39, 0.29) is 12.5 Å². The van der Waals surface area contributed by atoms with Crippen molar-refractivity contribution in [3.05, 3.63) is 0 Å². The van der Waals surface area contributed by atoms with Crippen molar-refractivity contribution < 1.29 is 1.43 Å². The zero-order chi connectivity index (χ0) is 7.69. The van der Waals surface area contributed by atoms with Gasteiger partial charge in [0.25, 0.3) is 0 Å². The van der Waals surface area contributed by atoms with Gasteiger partial charge in [0.15, 0.2) is 0 Å². The lowest BCUT2D eigenvalue weighted by molar-refractivity contribution is 0.264. The zero-order valence-corrected chi connectivity index (χ0v) is 6.84. The highest BCUT2D eigenvalue weighted by molar-refractivity contribution is 5.22. The van der Waals surface area contributed by atoms with Crippen molar-refractivity contribution in [3.8, 4) is 0 Å². The van der Waals surface area contributed by atoms with Gasteiger partial charge in [0.05, 0.1) is 0 Å². The summed E-state index contributed by atoms with van der Waals surface area (Å²) in [5, 5.41) is 0. The van der Waals surface area contributed by atoms with Crippen LogP contribution in [-0.4, -0.2) is 11.1 Å². The molecule has 0 saturated heterocycles. The first-order valence-electron chi connectivity index (χ1n) is 4.69. The first kappa shape index (κ1) is 6.44. The Bertz CT molecular complexity index is 183. The van der Waals surface area contributed by atoms with Crippen LogP contribution >= 0.6 is 0 Å². The molecule has 4 fully saturated rings. The Morgan fingerprint density at radius 3 is 1.55 bits per heavy atom. The topological polar surface area (TPSA) is 52.0 Å². The van der Waals surface area contributed by atoms with Crippen molar-refractivity contribution in [3.63, 3.8) is 0 Å². The van der Waals surface area contributed by atoms with Crippen molar-refractivity contribution in [2.24, 2.45) is 23.3 Å². The lowest BCUT2D eigenvalue weighted by Crippen LogP contribution is -2.58. The van der Waals surface area contributed by atoms with Crippen LogP contribution in [0.4, 0.5) is 0 Å². The van der Waals surface area contributed by atoms with E-state index in [2.05, 4.69) is 0 Å². The van der Waals surface area contributed by atoms with E-state index in [1.807, 2.05) is 0 Å². The third-order valence-corrected chi connectivity index (χ3v) is 4.27. The molecule has 2 heteroatoms. The molecule has 0 aromatic carbocycles. The van der Waals surface area contributed by atoms with E-state index < -0.39 is 0 Å². The molecule has 4 bridgehead atoms. The molecule has 4 aliphatic carbocycles. The summed E-state index contributed by atoms with van der Waals surface area (Å²) >= 11 is 0. The average Bonchev–Trinajstić information content (AvgIpc) is 2.07. The van der Waals surface area contributed by atoms with E-state index in [1.54, 1.807) is 0 Å². The molecule has 4 rings (SSSR count). The molecule has 0 aliphatic heterocycles. The van der Waals surface area contributed by atoms with Crippen molar-refractivity contribution in [2.45, 2.75) is 43.2 Å². The summed E-state index contributed by atoms with van der Waals surface area (Å²) in [6.45, 7) is 0. The third-order valence-electron chi connectivity index (χ3n) is 4.27. The smallest absolute Gasteiger partial charge is 0.324 e. The van der Waals surface area contributed by atoms with Gasteiger partial charge in [-0.05, 0) is 43.9 Å². The summed E-state index contributed by atoms with van der Waals surface area (Å²) in [5.74, 6) is 1.75. The Kier molecular flexibility index (Phi) is 0.879. The van der Waals surface area contributed by atoms with Crippen LogP contribution in [0.25, 0.3) is 0 Å². The van der Waals surface area contributed by atoms with E-state index in [0.717, 1.165) is 11.8 Å². The van der Waals surface area contributed by atoms with Gasteiger partial charge in [-0.1, -0.05) is 0 Å². The summed E-state index contributed by atoms with van der Waals surface area (Å²) in [6.07, 6.45) is 6.25. The van der Waals surface area contributed by atoms with Crippen LogP contribution in [-0.2, 0) is 0 Å². The Balaban J connectivity index is 0.000000563. The molecular formula is C9H17N2+. The predicted molar refractivity (Wildman–Crippen MR) is 45.0 cm³/mol. The van der Waals surface area contributed by atoms with Gasteiger partial charge < -0.3 is 11.5 Å². The number of hydrogen-bond donors (Lipinski definition) is 2. The largest absolute Gasteiger partial charge is 1.00 e. The van der Waals surface area contributed by atoms with E-state index in [4.69, 9.17) is 11.5 Å². The maximum Gasteiger partial charge on any atom is 1.00 e. The highest BCUT2D eigenvalue weighted by Gasteiger charge is 2.63. The second-order valence-electron chi connectivity index (χ2n) is 5.10. The second kappa shape index (κ2) is 1.50. The van der Waals surface area contributed by atoms with Gasteiger partial charge in [-0.15, -0.1) is 0 Å². The van der Waals surface area contributed by atoms with Crippen LogP contribution in [0.3, 0.4) is 0 Å². The summed E-state index contributed by atoms with van der Waals surface area (Å²) in [5.41, 5.74) is 12.7. The molecule has 0 aromatic rings. The van der Waals surface area contributed by atoms with Crippen LogP contribution in [0, 0.1) is 11.8 Å². The van der Waals surface area contributed by atoms with Crippen LogP contribution in [0.1, 0.15) is 33.5 Å². The Morgan fingerprint density at radius 2 is 1.27 bits per heavy atom. The molecular weight excluding hydrogens is 136 g/mol. The normalized spacial score (nSPS) is 66.0. The lowest BCUT2D eigenvalue weighted by Gasteiger charge is -2.33. The fraction of sp³-hybridized carbons (Fsp3) is 1.00. The number of hydrogen-bond acceptors (Lipinski definition) is 2. The Hall–Kier alpha value is -0.0800. The number of rotatable bonds is 0. The van der Waals surface area contributed by atoms with Crippen LogP contribution in [0.2, 0.25) is 0 Å². The van der Waals surface area contributed by atoms with E-state index in [0.29, 0.717) is 0 Å². The highest BCUT2D eigenvalue weighted by Crippen LogP contribution is 2.60. The highest BCUT2D eigenvalue weighted by atomic mass is 15.0. The zero-order valence-electron chi connectivity index (χ0n) is 7.84. The SMILES string of the molecule is NC12CC3CC(C1)CC2(N)C3.[H+]. The van der Waals surface area contributed by atoms with Gasteiger partial charge in [0.1, 0.15) is 0 Å². The maximum absolute atomic E-state index is 6.29. The van der Waals surface area contributed by atoms with E-state index in [9.17, 15) is 0 Å².